The van der Waals surface area contributed by atoms with Gasteiger partial charge in [-0.05, 0) is 82.0 Å². The van der Waals surface area contributed by atoms with Crippen LogP contribution in [0.1, 0.15) is 75.1 Å². The zero-order valence-corrected chi connectivity index (χ0v) is 23.7. The van der Waals surface area contributed by atoms with Crippen LogP contribution in [0.2, 0.25) is 0 Å². The lowest BCUT2D eigenvalue weighted by Gasteiger charge is -2.53. The van der Waals surface area contributed by atoms with Crippen LogP contribution >= 0.6 is 0 Å². The monoisotopic (exact) mass is 580 g/mol. The molecular weight excluding hydrogens is 540 g/mol. The van der Waals surface area contributed by atoms with Crippen LogP contribution in [0.4, 0.5) is 17.6 Å². The van der Waals surface area contributed by atoms with Gasteiger partial charge in [-0.15, -0.1) is 0 Å². The Bertz CT molecular complexity index is 1370. The number of hydrazine groups is 1. The van der Waals surface area contributed by atoms with Crippen molar-refractivity contribution in [2.75, 3.05) is 40.0 Å². The van der Waals surface area contributed by atoms with Gasteiger partial charge in [0, 0.05) is 31.0 Å². The fourth-order valence-electron chi connectivity index (χ4n) is 8.03. The summed E-state index contributed by atoms with van der Waals surface area (Å²) in [5, 5.41) is 0. The summed E-state index contributed by atoms with van der Waals surface area (Å²) in [4.78, 5) is 17.9. The predicted molar refractivity (Wildman–Crippen MR) is 145 cm³/mol. The molecule has 0 radical (unpaired) electrons. The van der Waals surface area contributed by atoms with Crippen molar-refractivity contribution in [3.05, 3.63) is 40.1 Å². The summed E-state index contributed by atoms with van der Waals surface area (Å²) < 4.78 is 67.5. The summed E-state index contributed by atoms with van der Waals surface area (Å²) in [5.74, 6) is -0.0432. The summed E-state index contributed by atoms with van der Waals surface area (Å²) in [6, 6.07) is 0.721. The number of pyridine rings is 1. The van der Waals surface area contributed by atoms with E-state index in [2.05, 4.69) is 15.8 Å². The Kier molecular flexibility index (Phi) is 6.63. The molecule has 12 heteroatoms. The average molecular weight is 581 g/mol. The lowest BCUT2D eigenvalue weighted by molar-refractivity contribution is -0.202. The molecule has 226 valence electrons. The highest BCUT2D eigenvalue weighted by molar-refractivity contribution is 5.56. The van der Waals surface area contributed by atoms with Crippen LogP contribution < -0.4 is 16.5 Å². The predicted octanol–water partition coefficient (Wildman–Crippen LogP) is 4.08. The number of ether oxygens (including phenoxy) is 1. The van der Waals surface area contributed by atoms with E-state index in [1.54, 1.807) is 6.20 Å². The first-order valence-corrected chi connectivity index (χ1v) is 15.0. The Morgan fingerprint density at radius 2 is 1.93 bits per heavy atom. The number of imidazole rings is 1. The van der Waals surface area contributed by atoms with Gasteiger partial charge in [0.05, 0.1) is 36.4 Å². The molecule has 5 heterocycles. The molecule has 7 rings (SSSR count). The maximum Gasteiger partial charge on any atom is 0.418 e. The van der Waals surface area contributed by atoms with Crippen molar-refractivity contribution >= 4 is 5.52 Å². The van der Waals surface area contributed by atoms with Crippen molar-refractivity contribution in [2.24, 2.45) is 16.7 Å². The molecule has 41 heavy (non-hydrogen) atoms. The van der Waals surface area contributed by atoms with E-state index in [4.69, 9.17) is 4.74 Å². The first kappa shape index (κ1) is 27.8. The van der Waals surface area contributed by atoms with Crippen molar-refractivity contribution in [3.63, 3.8) is 0 Å². The van der Waals surface area contributed by atoms with E-state index in [1.165, 1.54) is 34.1 Å². The van der Waals surface area contributed by atoms with Gasteiger partial charge in [-0.2, -0.15) is 13.2 Å². The normalized spacial score (nSPS) is 31.5. The second-order valence-corrected chi connectivity index (χ2v) is 13.5. The van der Waals surface area contributed by atoms with Gasteiger partial charge in [0.15, 0.2) is 0 Å². The molecule has 0 bridgehead atoms. The molecule has 3 unspecified atom stereocenters. The fourth-order valence-corrected chi connectivity index (χ4v) is 8.03. The molecule has 2 aromatic rings. The zero-order valence-electron chi connectivity index (χ0n) is 23.7. The van der Waals surface area contributed by atoms with Crippen LogP contribution in [-0.4, -0.2) is 71.1 Å². The molecule has 2 aliphatic carbocycles. The van der Waals surface area contributed by atoms with Crippen LogP contribution in [0.3, 0.4) is 0 Å². The van der Waals surface area contributed by atoms with Crippen molar-refractivity contribution in [2.45, 2.75) is 82.5 Å². The topological polar surface area (TPSA) is 66.2 Å². The van der Waals surface area contributed by atoms with Gasteiger partial charge in [-0.3, -0.25) is 18.8 Å². The number of hydrogen-bond acceptors (Lipinski definition) is 6. The molecule has 2 N–H and O–H groups in total. The smallest absolute Gasteiger partial charge is 0.380 e. The number of aromatic nitrogens is 2. The molecule has 5 atom stereocenters. The van der Waals surface area contributed by atoms with Gasteiger partial charge in [0.2, 0.25) is 0 Å². The summed E-state index contributed by atoms with van der Waals surface area (Å²) in [5.41, 5.74) is 4.84. The number of nitrogens with one attached hydrogen (secondary N) is 2. The molecule has 2 saturated carbocycles. The lowest BCUT2D eigenvalue weighted by atomic mass is 9.63. The van der Waals surface area contributed by atoms with E-state index in [0.717, 1.165) is 32.4 Å². The van der Waals surface area contributed by atoms with Crippen LogP contribution in [0.25, 0.3) is 5.52 Å². The van der Waals surface area contributed by atoms with Gasteiger partial charge in [0.1, 0.15) is 12.3 Å². The minimum atomic E-state index is -4.60. The minimum Gasteiger partial charge on any atom is -0.380 e. The number of rotatable bonds is 6. The molecular formula is C29H40F4N6O2. The van der Waals surface area contributed by atoms with Gasteiger partial charge in [-0.1, -0.05) is 6.42 Å². The number of fused-ring (bicyclic) bond motifs is 1. The zero-order chi connectivity index (χ0) is 28.7. The largest absolute Gasteiger partial charge is 0.418 e. The van der Waals surface area contributed by atoms with Gasteiger partial charge < -0.3 is 4.74 Å². The Balaban J connectivity index is 1.20. The van der Waals surface area contributed by atoms with Crippen molar-refractivity contribution in [1.29, 1.82) is 0 Å². The molecule has 3 saturated heterocycles. The third-order valence-corrected chi connectivity index (χ3v) is 11.0. The number of nitrogens with zero attached hydrogens (tertiary/aromatic N) is 4. The minimum absolute atomic E-state index is 0.0432. The Morgan fingerprint density at radius 3 is 2.54 bits per heavy atom. The molecule has 0 amide bonds. The van der Waals surface area contributed by atoms with E-state index in [9.17, 15) is 18.0 Å². The summed E-state index contributed by atoms with van der Waals surface area (Å²) in [6.07, 6.45) is 2.97. The first-order chi connectivity index (χ1) is 19.5. The average Bonchev–Trinajstić information content (AvgIpc) is 3.19. The van der Waals surface area contributed by atoms with Crippen LogP contribution in [0, 0.1) is 16.7 Å². The van der Waals surface area contributed by atoms with E-state index < -0.39 is 35.2 Å². The molecule has 1 spiro atoms. The molecule has 5 fully saturated rings. The number of alkyl halides is 4. The van der Waals surface area contributed by atoms with Crippen molar-refractivity contribution in [3.8, 4) is 0 Å². The van der Waals surface area contributed by atoms with Crippen molar-refractivity contribution in [1.82, 2.24) is 29.6 Å². The van der Waals surface area contributed by atoms with Crippen LogP contribution in [0.5, 0.6) is 0 Å². The van der Waals surface area contributed by atoms with Crippen LogP contribution in [0.15, 0.2) is 23.3 Å². The summed E-state index contributed by atoms with van der Waals surface area (Å²) in [7, 11) is 1.86. The fraction of sp³-hybridized carbons (Fsp3) is 0.759. The summed E-state index contributed by atoms with van der Waals surface area (Å²) >= 11 is 0. The number of hydrogen-bond donors (Lipinski definition) is 2. The van der Waals surface area contributed by atoms with Crippen molar-refractivity contribution < 1.29 is 22.3 Å². The van der Waals surface area contributed by atoms with Crippen LogP contribution in [-0.2, 0) is 10.9 Å². The Hall–Kier alpha value is -1.99. The number of halogens is 4. The van der Waals surface area contributed by atoms with E-state index in [1.807, 2.05) is 18.9 Å². The van der Waals surface area contributed by atoms with Gasteiger partial charge >= 0.3 is 11.9 Å². The molecule has 8 nitrogen and oxygen atoms in total. The molecule has 5 aliphatic rings. The van der Waals surface area contributed by atoms with Gasteiger partial charge in [0.25, 0.3) is 0 Å². The first-order valence-electron chi connectivity index (χ1n) is 15.0. The van der Waals surface area contributed by atoms with Gasteiger partial charge in [-0.25, -0.2) is 20.0 Å². The molecule has 0 aromatic carbocycles. The highest BCUT2D eigenvalue weighted by atomic mass is 19.4. The molecule has 2 aromatic heterocycles. The third-order valence-electron chi connectivity index (χ3n) is 11.0. The second-order valence-electron chi connectivity index (χ2n) is 13.5. The Labute approximate surface area is 237 Å². The maximum absolute atomic E-state index is 16.1. The van der Waals surface area contributed by atoms with E-state index in [0.29, 0.717) is 43.7 Å². The Morgan fingerprint density at radius 1 is 1.15 bits per heavy atom. The SMILES string of the molecule is C[C@@H](c1cc(C(F)(F)F)c2cn(C3CCCC(C4([C@H](F)C5NNCN5C)COC4)C3)c(=O)n2c1)N1CCC2(CC2)C1. The van der Waals surface area contributed by atoms with E-state index in [-0.39, 0.29) is 23.5 Å². The third kappa shape index (κ3) is 4.56. The summed E-state index contributed by atoms with van der Waals surface area (Å²) in [6.45, 7) is 4.85. The lowest BCUT2D eigenvalue weighted by Crippen LogP contribution is -2.62. The van der Waals surface area contributed by atoms with E-state index >= 15 is 4.39 Å². The second kappa shape index (κ2) is 9.77. The highest BCUT2D eigenvalue weighted by Gasteiger charge is 2.56. The maximum atomic E-state index is 16.1. The quantitative estimate of drug-likeness (QED) is 0.503. The number of likely N-dealkylation sites (tertiary alicyclic amines) is 1. The standard InChI is InChI=1S/C29H40F4N6O2/c1-18(37-9-8-27(14-37)6-7-27)19-10-22(29(31,32)33)23-13-38(26(40)39(23)12-19)21-5-3-4-20(11-21)28(15-41-16-28)24(30)25-35-34-17-36(25)2/h10,12-13,18,20-21,24-25,34-35H,3-9,11,14-17H2,1-2H3/t18-,20?,21?,24+,25?/m0/s1. The highest BCUT2D eigenvalue weighted by Crippen LogP contribution is 2.54. The molecule has 3 aliphatic heterocycles.